The number of amides is 1. The van der Waals surface area contributed by atoms with Crippen LogP contribution in [0.3, 0.4) is 0 Å². The molecule has 0 unspecified atom stereocenters. The minimum Gasteiger partial charge on any atom is -0.335 e. The number of carbonyl (C=O) groups excluding carboxylic acids is 1. The van der Waals surface area contributed by atoms with E-state index in [0.29, 0.717) is 10.3 Å². The first-order chi connectivity index (χ1) is 11.6. The van der Waals surface area contributed by atoms with E-state index in [1.807, 2.05) is 11.8 Å². The van der Waals surface area contributed by atoms with Crippen LogP contribution in [-0.2, 0) is 13.0 Å². The monoisotopic (exact) mass is 346 g/mol. The van der Waals surface area contributed by atoms with Gasteiger partial charge in [0.2, 0.25) is 0 Å². The van der Waals surface area contributed by atoms with Gasteiger partial charge in [-0.15, -0.1) is 11.3 Å². The molecule has 4 heterocycles. The third-order valence-electron chi connectivity index (χ3n) is 5.15. The van der Waals surface area contributed by atoms with Gasteiger partial charge in [-0.05, 0) is 32.4 Å². The zero-order valence-electron chi connectivity index (χ0n) is 14.2. The van der Waals surface area contributed by atoms with Crippen molar-refractivity contribution in [1.29, 1.82) is 0 Å². The fourth-order valence-corrected chi connectivity index (χ4v) is 4.75. The average Bonchev–Trinajstić information content (AvgIpc) is 2.92. The molecule has 4 rings (SSSR count). The van der Waals surface area contributed by atoms with Crippen molar-refractivity contribution >= 4 is 27.5 Å². The molecule has 1 fully saturated rings. The van der Waals surface area contributed by atoms with Crippen LogP contribution >= 0.6 is 11.3 Å². The molecule has 24 heavy (non-hydrogen) atoms. The first kappa shape index (κ1) is 15.8. The maximum absolute atomic E-state index is 12.9. The molecule has 0 aromatic carbocycles. The predicted octanol–water partition coefficient (Wildman–Crippen LogP) is 1.49. The first-order valence-corrected chi connectivity index (χ1v) is 9.38. The maximum Gasteiger partial charge on any atom is 0.264 e. The van der Waals surface area contributed by atoms with Crippen molar-refractivity contribution in [3.05, 3.63) is 26.6 Å². The number of aromatic nitrogens is 2. The number of rotatable bonds is 1. The number of aryl methyl sites for hydroxylation is 2. The Morgan fingerprint density at radius 2 is 1.88 bits per heavy atom. The second-order valence-corrected chi connectivity index (χ2v) is 7.77. The summed E-state index contributed by atoms with van der Waals surface area (Å²) in [5, 5.41) is 0.642. The van der Waals surface area contributed by atoms with E-state index in [-0.39, 0.29) is 11.5 Å². The van der Waals surface area contributed by atoms with Gasteiger partial charge in [-0.1, -0.05) is 0 Å². The van der Waals surface area contributed by atoms with Gasteiger partial charge in [0, 0.05) is 39.1 Å². The van der Waals surface area contributed by atoms with E-state index in [0.717, 1.165) is 68.2 Å². The SMILES string of the molecule is Cc1c(C(=O)N2CCN(C)CC2)sc2nc3n(c(=O)c12)CCCC3. The van der Waals surface area contributed by atoms with E-state index in [1.54, 1.807) is 4.57 Å². The summed E-state index contributed by atoms with van der Waals surface area (Å²) in [7, 11) is 2.07. The van der Waals surface area contributed by atoms with Crippen molar-refractivity contribution in [3.63, 3.8) is 0 Å². The molecule has 2 aromatic rings. The maximum atomic E-state index is 12.9. The van der Waals surface area contributed by atoms with E-state index >= 15 is 0 Å². The standard InChI is InChI=1S/C17H22N4O2S/c1-11-13-15(18-12-5-3-4-6-21(12)16(13)22)24-14(11)17(23)20-9-7-19(2)8-10-20/h3-10H2,1-2H3. The quantitative estimate of drug-likeness (QED) is 0.785. The lowest BCUT2D eigenvalue weighted by Crippen LogP contribution is -2.47. The number of hydrogen-bond acceptors (Lipinski definition) is 5. The molecule has 128 valence electrons. The smallest absolute Gasteiger partial charge is 0.264 e. The number of likely N-dealkylation sites (N-methyl/N-ethyl adjacent to an activating group) is 1. The van der Waals surface area contributed by atoms with E-state index < -0.39 is 0 Å². The van der Waals surface area contributed by atoms with Gasteiger partial charge in [-0.25, -0.2) is 4.98 Å². The molecule has 1 amide bonds. The molecule has 0 radical (unpaired) electrons. The lowest BCUT2D eigenvalue weighted by Gasteiger charge is -2.32. The highest BCUT2D eigenvalue weighted by atomic mass is 32.1. The molecule has 6 nitrogen and oxygen atoms in total. The van der Waals surface area contributed by atoms with Gasteiger partial charge in [0.1, 0.15) is 10.7 Å². The van der Waals surface area contributed by atoms with E-state index in [2.05, 4.69) is 11.9 Å². The minimum atomic E-state index is 0.0286. The van der Waals surface area contributed by atoms with Crippen LogP contribution in [0.4, 0.5) is 0 Å². The molecule has 2 aliphatic rings. The highest BCUT2D eigenvalue weighted by Gasteiger charge is 2.26. The summed E-state index contributed by atoms with van der Waals surface area (Å²) < 4.78 is 1.80. The van der Waals surface area contributed by atoms with Gasteiger partial charge in [0.25, 0.3) is 11.5 Å². The summed E-state index contributed by atoms with van der Waals surface area (Å²) in [6.07, 6.45) is 2.95. The summed E-state index contributed by atoms with van der Waals surface area (Å²) >= 11 is 1.38. The molecule has 7 heteroatoms. The van der Waals surface area contributed by atoms with Crippen LogP contribution in [0.5, 0.6) is 0 Å². The Morgan fingerprint density at radius 3 is 2.62 bits per heavy atom. The molecule has 2 aliphatic heterocycles. The number of piperazine rings is 1. The van der Waals surface area contributed by atoms with Crippen LogP contribution in [0, 0.1) is 6.92 Å². The Bertz CT molecular complexity index is 862. The van der Waals surface area contributed by atoms with Crippen molar-refractivity contribution in [2.75, 3.05) is 33.2 Å². The van der Waals surface area contributed by atoms with Crippen molar-refractivity contribution in [1.82, 2.24) is 19.4 Å². The Morgan fingerprint density at radius 1 is 1.12 bits per heavy atom. The average molecular weight is 346 g/mol. The Balaban J connectivity index is 1.77. The van der Waals surface area contributed by atoms with E-state index in [1.165, 1.54) is 11.3 Å². The van der Waals surface area contributed by atoms with Crippen molar-refractivity contribution in [2.24, 2.45) is 0 Å². The molecule has 0 atom stereocenters. The number of hydrogen-bond donors (Lipinski definition) is 0. The van der Waals surface area contributed by atoms with Gasteiger partial charge >= 0.3 is 0 Å². The van der Waals surface area contributed by atoms with Gasteiger partial charge in [0.15, 0.2) is 0 Å². The third kappa shape index (κ3) is 2.46. The zero-order chi connectivity index (χ0) is 16.8. The van der Waals surface area contributed by atoms with Crippen molar-refractivity contribution in [3.8, 4) is 0 Å². The van der Waals surface area contributed by atoms with Crippen molar-refractivity contribution in [2.45, 2.75) is 32.7 Å². The van der Waals surface area contributed by atoms with Gasteiger partial charge < -0.3 is 9.80 Å². The number of nitrogens with zero attached hydrogens (tertiary/aromatic N) is 4. The molecular formula is C17H22N4O2S. The Kier molecular flexibility index (Phi) is 3.92. The number of carbonyl (C=O) groups is 1. The molecule has 0 N–H and O–H groups in total. The fourth-order valence-electron chi connectivity index (χ4n) is 3.59. The highest BCUT2D eigenvalue weighted by Crippen LogP contribution is 2.29. The molecular weight excluding hydrogens is 324 g/mol. The molecule has 0 bridgehead atoms. The van der Waals surface area contributed by atoms with Gasteiger partial charge in [-0.3, -0.25) is 14.2 Å². The van der Waals surface area contributed by atoms with Gasteiger partial charge in [-0.2, -0.15) is 0 Å². The predicted molar refractivity (Wildman–Crippen MR) is 95.0 cm³/mol. The van der Waals surface area contributed by atoms with Crippen LogP contribution < -0.4 is 5.56 Å². The second-order valence-electron chi connectivity index (χ2n) is 6.77. The summed E-state index contributed by atoms with van der Waals surface area (Å²) in [6.45, 7) is 5.91. The summed E-state index contributed by atoms with van der Waals surface area (Å²) in [4.78, 5) is 36.0. The summed E-state index contributed by atoms with van der Waals surface area (Å²) in [5.74, 6) is 0.921. The number of thiophene rings is 1. The minimum absolute atomic E-state index is 0.0286. The van der Waals surface area contributed by atoms with Crippen molar-refractivity contribution < 1.29 is 4.79 Å². The molecule has 1 saturated heterocycles. The van der Waals surface area contributed by atoms with Crippen LogP contribution in [0.2, 0.25) is 0 Å². The molecule has 0 aliphatic carbocycles. The zero-order valence-corrected chi connectivity index (χ0v) is 15.0. The molecule has 2 aromatic heterocycles. The third-order valence-corrected chi connectivity index (χ3v) is 6.32. The molecule has 0 saturated carbocycles. The largest absolute Gasteiger partial charge is 0.335 e. The normalized spacial score (nSPS) is 18.8. The molecule has 0 spiro atoms. The van der Waals surface area contributed by atoms with Gasteiger partial charge in [0.05, 0.1) is 10.3 Å². The van der Waals surface area contributed by atoms with Crippen LogP contribution in [0.25, 0.3) is 10.2 Å². The van der Waals surface area contributed by atoms with E-state index in [4.69, 9.17) is 4.98 Å². The van der Waals surface area contributed by atoms with Crippen LogP contribution in [0.1, 0.15) is 33.9 Å². The first-order valence-electron chi connectivity index (χ1n) is 8.57. The Hall–Kier alpha value is -1.73. The van der Waals surface area contributed by atoms with Crippen LogP contribution in [-0.4, -0.2) is 58.5 Å². The highest BCUT2D eigenvalue weighted by molar-refractivity contribution is 7.20. The summed E-state index contributed by atoms with van der Waals surface area (Å²) in [6, 6.07) is 0. The topological polar surface area (TPSA) is 58.4 Å². The van der Waals surface area contributed by atoms with E-state index in [9.17, 15) is 9.59 Å². The van der Waals surface area contributed by atoms with Crippen LogP contribution in [0.15, 0.2) is 4.79 Å². The number of fused-ring (bicyclic) bond motifs is 2. The summed E-state index contributed by atoms with van der Waals surface area (Å²) in [5.41, 5.74) is 0.832. The lowest BCUT2D eigenvalue weighted by atomic mass is 10.1. The second kappa shape index (κ2) is 5.97. The Labute approximate surface area is 144 Å². The lowest BCUT2D eigenvalue weighted by molar-refractivity contribution is 0.0668. The fraction of sp³-hybridized carbons (Fsp3) is 0.588.